The summed E-state index contributed by atoms with van der Waals surface area (Å²) in [4.78, 5) is 14.9. The summed E-state index contributed by atoms with van der Waals surface area (Å²) in [6.45, 7) is 3.40. The molecule has 0 amide bonds. The van der Waals surface area contributed by atoms with Gasteiger partial charge in [-0.25, -0.2) is 9.97 Å². The third-order valence-corrected chi connectivity index (χ3v) is 5.55. The molecule has 1 aliphatic heterocycles. The first-order valence-electron chi connectivity index (χ1n) is 9.43. The fraction of sp³-hybridized carbons (Fsp3) is 0.333. The average Bonchev–Trinajstić information content (AvgIpc) is 3.33. The minimum atomic E-state index is 0.477. The molecular formula is C21H23N5. The normalized spacial score (nSPS) is 18.7. The number of imidazole rings is 1. The van der Waals surface area contributed by atoms with Gasteiger partial charge in [-0.1, -0.05) is 30.3 Å². The van der Waals surface area contributed by atoms with Gasteiger partial charge in [-0.05, 0) is 37.4 Å². The Kier molecular flexibility index (Phi) is 3.94. The molecule has 0 aliphatic carbocycles. The lowest BCUT2D eigenvalue weighted by Crippen LogP contribution is -2.37. The molecule has 3 aromatic heterocycles. The van der Waals surface area contributed by atoms with Crippen molar-refractivity contribution in [3.05, 3.63) is 60.7 Å². The zero-order chi connectivity index (χ0) is 17.3. The lowest BCUT2D eigenvalue weighted by molar-refractivity contribution is 0.181. The molecule has 0 unspecified atom stereocenters. The van der Waals surface area contributed by atoms with Gasteiger partial charge in [-0.15, -0.1) is 0 Å². The number of hydrogen-bond donors (Lipinski definition) is 1. The van der Waals surface area contributed by atoms with Crippen LogP contribution in [0.2, 0.25) is 0 Å². The number of benzene rings is 1. The van der Waals surface area contributed by atoms with E-state index in [1.807, 2.05) is 18.7 Å². The molecule has 1 aliphatic rings. The van der Waals surface area contributed by atoms with Gasteiger partial charge in [0.15, 0.2) is 0 Å². The molecule has 0 bridgehead atoms. The summed E-state index contributed by atoms with van der Waals surface area (Å²) in [5, 5.41) is 1.17. The van der Waals surface area contributed by atoms with Crippen LogP contribution in [0.1, 0.15) is 24.4 Å². The Morgan fingerprint density at radius 2 is 2.04 bits per heavy atom. The third-order valence-electron chi connectivity index (χ3n) is 5.55. The second kappa shape index (κ2) is 6.57. The van der Waals surface area contributed by atoms with Gasteiger partial charge in [0.2, 0.25) is 0 Å². The summed E-state index contributed by atoms with van der Waals surface area (Å²) >= 11 is 0. The Balaban J connectivity index is 1.38. The van der Waals surface area contributed by atoms with Crippen LogP contribution >= 0.6 is 0 Å². The summed E-state index contributed by atoms with van der Waals surface area (Å²) in [5.41, 5.74) is 4.56. The highest BCUT2D eigenvalue weighted by Crippen LogP contribution is 2.29. The van der Waals surface area contributed by atoms with Crippen LogP contribution in [0.25, 0.3) is 22.1 Å². The minimum absolute atomic E-state index is 0.477. The Bertz CT molecular complexity index is 1020. The first kappa shape index (κ1) is 15.6. The molecular weight excluding hydrogens is 322 g/mol. The topological polar surface area (TPSA) is 49.7 Å². The number of aromatic nitrogens is 4. The van der Waals surface area contributed by atoms with Crippen molar-refractivity contribution < 1.29 is 0 Å². The van der Waals surface area contributed by atoms with Crippen molar-refractivity contribution in [2.24, 2.45) is 0 Å². The van der Waals surface area contributed by atoms with Crippen molar-refractivity contribution in [2.75, 3.05) is 19.6 Å². The number of nitrogens with zero attached hydrogens (tertiary/aromatic N) is 4. The van der Waals surface area contributed by atoms with Gasteiger partial charge in [0.05, 0.1) is 18.0 Å². The number of hydrogen-bond acceptors (Lipinski definition) is 3. The summed E-state index contributed by atoms with van der Waals surface area (Å²) in [7, 11) is 0. The summed E-state index contributed by atoms with van der Waals surface area (Å²) in [5.74, 6) is 0. The van der Waals surface area contributed by atoms with Crippen LogP contribution < -0.4 is 0 Å². The van der Waals surface area contributed by atoms with Crippen LogP contribution in [-0.2, 0) is 6.42 Å². The number of nitrogens with one attached hydrogen (secondary N) is 1. The maximum Gasteiger partial charge on any atom is 0.139 e. The Morgan fingerprint density at radius 1 is 1.12 bits per heavy atom. The summed E-state index contributed by atoms with van der Waals surface area (Å²) in [6, 6.07) is 13.4. The van der Waals surface area contributed by atoms with E-state index < -0.39 is 0 Å². The molecule has 4 aromatic rings. The highest BCUT2D eigenvalue weighted by molar-refractivity contribution is 6.00. The van der Waals surface area contributed by atoms with Crippen LogP contribution in [0.3, 0.4) is 0 Å². The van der Waals surface area contributed by atoms with Crippen LogP contribution in [-0.4, -0.2) is 44.1 Å². The fourth-order valence-corrected chi connectivity index (χ4v) is 4.20. The summed E-state index contributed by atoms with van der Waals surface area (Å²) in [6.07, 6.45) is 9.40. The molecule has 132 valence electrons. The van der Waals surface area contributed by atoms with Gasteiger partial charge in [-0.2, -0.15) is 0 Å². The van der Waals surface area contributed by atoms with Crippen molar-refractivity contribution in [3.8, 4) is 0 Å². The number of aromatic amines is 1. The highest BCUT2D eigenvalue weighted by atomic mass is 15.2. The van der Waals surface area contributed by atoms with E-state index in [1.165, 1.54) is 35.9 Å². The number of piperidine rings is 1. The third kappa shape index (κ3) is 2.78. The number of likely N-dealkylation sites (tertiary alicyclic amines) is 1. The largest absolute Gasteiger partial charge is 0.346 e. The summed E-state index contributed by atoms with van der Waals surface area (Å²) < 4.78 is 2.38. The smallest absolute Gasteiger partial charge is 0.139 e. The monoisotopic (exact) mass is 345 g/mol. The van der Waals surface area contributed by atoms with Gasteiger partial charge in [0.1, 0.15) is 11.2 Å². The number of rotatable bonds is 4. The van der Waals surface area contributed by atoms with Gasteiger partial charge >= 0.3 is 0 Å². The van der Waals surface area contributed by atoms with Gasteiger partial charge < -0.3 is 14.5 Å². The maximum atomic E-state index is 4.61. The molecule has 1 fully saturated rings. The minimum Gasteiger partial charge on any atom is -0.346 e. The first-order chi connectivity index (χ1) is 12.9. The molecule has 0 saturated carbocycles. The predicted octanol–water partition coefficient (Wildman–Crippen LogP) is 3.79. The van der Waals surface area contributed by atoms with Crippen molar-refractivity contribution >= 4 is 22.1 Å². The second-order valence-electron chi connectivity index (χ2n) is 7.22. The molecule has 1 aromatic carbocycles. The lowest BCUT2D eigenvalue weighted by Gasteiger charge is -2.33. The van der Waals surface area contributed by atoms with Crippen molar-refractivity contribution in [1.82, 2.24) is 24.4 Å². The second-order valence-corrected chi connectivity index (χ2v) is 7.22. The van der Waals surface area contributed by atoms with E-state index in [2.05, 4.69) is 60.8 Å². The standard InChI is InChI=1S/C21H23N5/c1-2-5-16(6-3-1)9-12-25-11-4-7-17(14-25)26-15-24-19-13-23-21-18(20(19)26)8-10-22-21/h1-3,5-6,8,10,13,15,17H,4,7,9,11-12,14H2,(H,22,23)/t17-/m1/s1. The van der Waals surface area contributed by atoms with Gasteiger partial charge in [0.25, 0.3) is 0 Å². The van der Waals surface area contributed by atoms with Crippen molar-refractivity contribution in [3.63, 3.8) is 0 Å². The van der Waals surface area contributed by atoms with Gasteiger partial charge in [-0.3, -0.25) is 0 Å². The van der Waals surface area contributed by atoms with Gasteiger partial charge in [0, 0.05) is 30.7 Å². The molecule has 1 saturated heterocycles. The molecule has 4 heterocycles. The number of fused-ring (bicyclic) bond motifs is 3. The SMILES string of the molecule is c1ccc(CCN2CCC[C@@H](n3cnc4cnc5[nH]ccc5c43)C2)cc1. The van der Waals surface area contributed by atoms with E-state index in [-0.39, 0.29) is 0 Å². The molecule has 5 heteroatoms. The van der Waals surface area contributed by atoms with E-state index in [9.17, 15) is 0 Å². The molecule has 5 rings (SSSR count). The zero-order valence-electron chi connectivity index (χ0n) is 14.8. The number of pyridine rings is 1. The van der Waals surface area contributed by atoms with Crippen LogP contribution in [0.5, 0.6) is 0 Å². The van der Waals surface area contributed by atoms with E-state index in [4.69, 9.17) is 0 Å². The number of H-pyrrole nitrogens is 1. The average molecular weight is 345 g/mol. The first-order valence-corrected chi connectivity index (χ1v) is 9.43. The van der Waals surface area contributed by atoms with E-state index in [0.717, 1.165) is 30.7 Å². The Morgan fingerprint density at radius 3 is 2.96 bits per heavy atom. The predicted molar refractivity (Wildman–Crippen MR) is 104 cm³/mol. The molecule has 5 nitrogen and oxygen atoms in total. The molecule has 1 atom stereocenters. The lowest BCUT2D eigenvalue weighted by atomic mass is 10.0. The highest BCUT2D eigenvalue weighted by Gasteiger charge is 2.23. The van der Waals surface area contributed by atoms with Crippen LogP contribution in [0.15, 0.2) is 55.1 Å². The van der Waals surface area contributed by atoms with Crippen molar-refractivity contribution in [2.45, 2.75) is 25.3 Å². The van der Waals surface area contributed by atoms with E-state index in [1.54, 1.807) is 0 Å². The van der Waals surface area contributed by atoms with Crippen LogP contribution in [0.4, 0.5) is 0 Å². The van der Waals surface area contributed by atoms with E-state index >= 15 is 0 Å². The molecule has 26 heavy (non-hydrogen) atoms. The van der Waals surface area contributed by atoms with E-state index in [0.29, 0.717) is 6.04 Å². The molecule has 1 N–H and O–H groups in total. The van der Waals surface area contributed by atoms with Crippen LogP contribution in [0, 0.1) is 0 Å². The van der Waals surface area contributed by atoms with Crippen molar-refractivity contribution in [1.29, 1.82) is 0 Å². The fourth-order valence-electron chi connectivity index (χ4n) is 4.20. The maximum absolute atomic E-state index is 4.61. The Labute approximate surface area is 152 Å². The zero-order valence-corrected chi connectivity index (χ0v) is 14.8. The quantitative estimate of drug-likeness (QED) is 0.612. The molecule has 0 spiro atoms. The Hall–Kier alpha value is -2.66. The molecule has 0 radical (unpaired) electrons.